The monoisotopic (exact) mass is 253 g/mol. The van der Waals surface area contributed by atoms with Crippen molar-refractivity contribution in [2.24, 2.45) is 5.73 Å². The molecule has 0 fully saturated rings. The first-order chi connectivity index (χ1) is 8.35. The van der Waals surface area contributed by atoms with Crippen LogP contribution in [-0.4, -0.2) is 22.6 Å². The van der Waals surface area contributed by atoms with Crippen molar-refractivity contribution in [1.82, 2.24) is 9.88 Å². The molecule has 3 N–H and O–H groups in total. The summed E-state index contributed by atoms with van der Waals surface area (Å²) >= 11 is 0. The Morgan fingerprint density at radius 1 is 1.56 bits per heavy atom. The number of amides is 1. The van der Waals surface area contributed by atoms with E-state index in [9.17, 15) is 9.18 Å². The molecular weight excluding hydrogens is 233 g/mol. The average Bonchev–Trinajstić information content (AvgIpc) is 2.72. The number of nitrogens with two attached hydrogens (primary N) is 1. The summed E-state index contributed by atoms with van der Waals surface area (Å²) in [7, 11) is 0. The third kappa shape index (κ3) is 4.33. The van der Waals surface area contributed by atoms with E-state index in [2.05, 4.69) is 5.32 Å². The molecule has 4 nitrogen and oxygen atoms in total. The van der Waals surface area contributed by atoms with Gasteiger partial charge in [0, 0.05) is 31.0 Å². The second-order valence-electron chi connectivity index (χ2n) is 5.25. The Labute approximate surface area is 107 Å². The second-order valence-corrected chi connectivity index (χ2v) is 5.25. The van der Waals surface area contributed by atoms with Crippen LogP contribution in [0.15, 0.2) is 30.4 Å². The molecule has 0 radical (unpaired) electrons. The summed E-state index contributed by atoms with van der Waals surface area (Å²) in [6.45, 7) is 6.27. The second kappa shape index (κ2) is 5.82. The standard InChI is InChI=1S/C13H20FN3O/c1-13(2,3)16-12(18)11-4-5-17(9-11)8-10(6-14)7-15/h4-6,9H,7-8,15H2,1-3H3,(H,16,18). The van der Waals surface area contributed by atoms with Gasteiger partial charge in [-0.05, 0) is 32.4 Å². The Kier molecular flexibility index (Phi) is 4.67. The number of halogens is 1. The van der Waals surface area contributed by atoms with Crippen molar-refractivity contribution in [3.05, 3.63) is 35.9 Å². The zero-order valence-corrected chi connectivity index (χ0v) is 11.0. The third-order valence-corrected chi connectivity index (χ3v) is 2.30. The summed E-state index contributed by atoms with van der Waals surface area (Å²) in [6, 6.07) is 1.70. The molecule has 0 aliphatic heterocycles. The average molecular weight is 253 g/mol. The van der Waals surface area contributed by atoms with Crippen molar-refractivity contribution < 1.29 is 9.18 Å². The van der Waals surface area contributed by atoms with Crippen LogP contribution in [0.25, 0.3) is 0 Å². The fourth-order valence-corrected chi connectivity index (χ4v) is 1.46. The highest BCUT2D eigenvalue weighted by molar-refractivity contribution is 5.94. The van der Waals surface area contributed by atoms with Gasteiger partial charge in [-0.15, -0.1) is 0 Å². The van der Waals surface area contributed by atoms with Crippen molar-refractivity contribution in [3.8, 4) is 0 Å². The maximum Gasteiger partial charge on any atom is 0.253 e. The van der Waals surface area contributed by atoms with Gasteiger partial charge in [-0.25, -0.2) is 4.39 Å². The maximum absolute atomic E-state index is 12.4. The van der Waals surface area contributed by atoms with Gasteiger partial charge in [0.15, 0.2) is 0 Å². The van der Waals surface area contributed by atoms with Crippen LogP contribution < -0.4 is 11.1 Å². The van der Waals surface area contributed by atoms with Crippen molar-refractivity contribution in [2.75, 3.05) is 6.54 Å². The molecule has 0 atom stereocenters. The van der Waals surface area contributed by atoms with Gasteiger partial charge in [-0.3, -0.25) is 4.79 Å². The molecule has 1 heterocycles. The topological polar surface area (TPSA) is 60.0 Å². The predicted octanol–water partition coefficient (Wildman–Crippen LogP) is 1.83. The normalized spacial score (nSPS) is 12.6. The molecule has 0 saturated heterocycles. The SMILES string of the molecule is CC(C)(C)NC(=O)c1ccn(CC(=CF)CN)c1. The molecule has 0 aliphatic carbocycles. The van der Waals surface area contributed by atoms with Crippen LogP contribution in [0.3, 0.4) is 0 Å². The Balaban J connectivity index is 2.72. The van der Waals surface area contributed by atoms with E-state index in [1.807, 2.05) is 20.8 Å². The quantitative estimate of drug-likeness (QED) is 0.860. The van der Waals surface area contributed by atoms with Gasteiger partial charge < -0.3 is 15.6 Å². The minimum Gasteiger partial charge on any atom is -0.349 e. The van der Waals surface area contributed by atoms with Crippen LogP contribution >= 0.6 is 0 Å². The van der Waals surface area contributed by atoms with Crippen molar-refractivity contribution in [3.63, 3.8) is 0 Å². The van der Waals surface area contributed by atoms with E-state index in [-0.39, 0.29) is 18.0 Å². The molecule has 1 aromatic heterocycles. The van der Waals surface area contributed by atoms with Crippen LogP contribution in [0.5, 0.6) is 0 Å². The molecule has 0 bridgehead atoms. The fourth-order valence-electron chi connectivity index (χ4n) is 1.46. The molecule has 0 aromatic carbocycles. The minimum atomic E-state index is -0.277. The molecule has 1 aromatic rings. The van der Waals surface area contributed by atoms with Gasteiger partial charge in [0.2, 0.25) is 0 Å². The summed E-state index contributed by atoms with van der Waals surface area (Å²) in [4.78, 5) is 11.9. The number of carbonyl (C=O) groups excluding carboxylic acids is 1. The molecular formula is C13H20FN3O. The van der Waals surface area contributed by atoms with E-state index in [0.29, 0.717) is 24.0 Å². The number of nitrogens with zero attached hydrogens (tertiary/aromatic N) is 1. The Morgan fingerprint density at radius 2 is 2.22 bits per heavy atom. The molecule has 0 unspecified atom stereocenters. The lowest BCUT2D eigenvalue weighted by molar-refractivity contribution is 0.0919. The van der Waals surface area contributed by atoms with Crippen LogP contribution in [0.4, 0.5) is 4.39 Å². The third-order valence-electron chi connectivity index (χ3n) is 2.30. The Bertz CT molecular complexity index is 443. The summed E-state index contributed by atoms with van der Waals surface area (Å²) < 4.78 is 14.1. The van der Waals surface area contributed by atoms with Gasteiger partial charge in [0.25, 0.3) is 5.91 Å². The number of rotatable bonds is 4. The molecule has 0 aliphatic rings. The minimum absolute atomic E-state index is 0.139. The number of hydrogen-bond donors (Lipinski definition) is 2. The number of aromatic nitrogens is 1. The molecule has 1 rings (SSSR count). The summed E-state index contributed by atoms with van der Waals surface area (Å²) in [6.07, 6.45) is 3.92. The van der Waals surface area contributed by atoms with Gasteiger partial charge in [-0.1, -0.05) is 0 Å². The van der Waals surface area contributed by atoms with Crippen LogP contribution in [-0.2, 0) is 6.54 Å². The smallest absolute Gasteiger partial charge is 0.253 e. The van der Waals surface area contributed by atoms with Crippen molar-refractivity contribution in [2.45, 2.75) is 32.9 Å². The van der Waals surface area contributed by atoms with Crippen molar-refractivity contribution >= 4 is 5.91 Å². The van der Waals surface area contributed by atoms with E-state index < -0.39 is 0 Å². The van der Waals surface area contributed by atoms with Crippen LogP contribution in [0, 0.1) is 0 Å². The molecule has 5 heteroatoms. The molecule has 1 amide bonds. The van der Waals surface area contributed by atoms with E-state index in [4.69, 9.17) is 5.73 Å². The predicted molar refractivity (Wildman–Crippen MR) is 69.9 cm³/mol. The highest BCUT2D eigenvalue weighted by Gasteiger charge is 2.15. The van der Waals surface area contributed by atoms with Crippen molar-refractivity contribution in [1.29, 1.82) is 0 Å². The first-order valence-corrected chi connectivity index (χ1v) is 5.82. The van der Waals surface area contributed by atoms with Crippen LogP contribution in [0.1, 0.15) is 31.1 Å². The number of carbonyl (C=O) groups is 1. The van der Waals surface area contributed by atoms with Gasteiger partial charge in [0.05, 0.1) is 11.9 Å². The number of nitrogens with one attached hydrogen (secondary N) is 1. The fraction of sp³-hybridized carbons (Fsp3) is 0.462. The zero-order valence-electron chi connectivity index (χ0n) is 11.0. The highest BCUT2D eigenvalue weighted by Crippen LogP contribution is 2.07. The summed E-state index contributed by atoms with van der Waals surface area (Å²) in [5.41, 5.74) is 6.14. The lowest BCUT2D eigenvalue weighted by atomic mass is 10.1. The molecule has 100 valence electrons. The van der Waals surface area contributed by atoms with E-state index in [1.54, 1.807) is 23.0 Å². The zero-order chi connectivity index (χ0) is 13.8. The lowest BCUT2D eigenvalue weighted by Crippen LogP contribution is -2.40. The first kappa shape index (κ1) is 14.4. The highest BCUT2D eigenvalue weighted by atomic mass is 19.1. The summed E-state index contributed by atoms with van der Waals surface area (Å²) in [5, 5.41) is 2.86. The molecule has 0 spiro atoms. The lowest BCUT2D eigenvalue weighted by Gasteiger charge is -2.19. The van der Waals surface area contributed by atoms with E-state index >= 15 is 0 Å². The molecule has 0 saturated carbocycles. The van der Waals surface area contributed by atoms with E-state index in [0.717, 1.165) is 0 Å². The largest absolute Gasteiger partial charge is 0.349 e. The molecule has 18 heavy (non-hydrogen) atoms. The number of hydrogen-bond acceptors (Lipinski definition) is 2. The van der Waals surface area contributed by atoms with E-state index in [1.165, 1.54) is 0 Å². The van der Waals surface area contributed by atoms with Gasteiger partial charge >= 0.3 is 0 Å². The maximum atomic E-state index is 12.4. The Morgan fingerprint density at radius 3 is 2.72 bits per heavy atom. The van der Waals surface area contributed by atoms with Gasteiger partial charge in [0.1, 0.15) is 0 Å². The summed E-state index contributed by atoms with van der Waals surface area (Å²) in [5.74, 6) is -0.139. The first-order valence-electron chi connectivity index (χ1n) is 5.82. The van der Waals surface area contributed by atoms with Crippen LogP contribution in [0.2, 0.25) is 0 Å². The Hall–Kier alpha value is -1.62. The van der Waals surface area contributed by atoms with Gasteiger partial charge in [-0.2, -0.15) is 0 Å².